The molecular formula is C29H23F3N6O. The molecule has 3 heterocycles. The Morgan fingerprint density at radius 1 is 1.05 bits per heavy atom. The first-order chi connectivity index (χ1) is 18.8. The highest BCUT2D eigenvalue weighted by molar-refractivity contribution is 6.05. The Balaban J connectivity index is 1.34. The van der Waals surface area contributed by atoms with Gasteiger partial charge in [0.15, 0.2) is 11.5 Å². The molecule has 6 rings (SSSR count). The van der Waals surface area contributed by atoms with Gasteiger partial charge in [0.2, 0.25) is 0 Å². The maximum atomic E-state index is 13.1. The van der Waals surface area contributed by atoms with Crippen LogP contribution in [0.1, 0.15) is 45.9 Å². The van der Waals surface area contributed by atoms with Crippen molar-refractivity contribution in [1.82, 2.24) is 19.4 Å². The Kier molecular flexibility index (Phi) is 6.02. The summed E-state index contributed by atoms with van der Waals surface area (Å²) in [6, 6.07) is 13.4. The van der Waals surface area contributed by atoms with E-state index in [1.54, 1.807) is 30.6 Å². The van der Waals surface area contributed by atoms with Gasteiger partial charge in [0.25, 0.3) is 5.91 Å². The highest BCUT2D eigenvalue weighted by atomic mass is 19.4. The lowest BCUT2D eigenvalue weighted by Gasteiger charge is -2.14. The van der Waals surface area contributed by atoms with Crippen LogP contribution < -0.4 is 10.6 Å². The minimum absolute atomic E-state index is 0.0578. The Labute approximate surface area is 221 Å². The number of benzene rings is 2. The van der Waals surface area contributed by atoms with Crippen molar-refractivity contribution in [2.24, 2.45) is 0 Å². The summed E-state index contributed by atoms with van der Waals surface area (Å²) in [7, 11) is 0. The summed E-state index contributed by atoms with van der Waals surface area (Å²) >= 11 is 0. The molecule has 0 atom stereocenters. The predicted molar refractivity (Wildman–Crippen MR) is 142 cm³/mol. The number of pyridine rings is 1. The van der Waals surface area contributed by atoms with Gasteiger partial charge < -0.3 is 10.6 Å². The minimum atomic E-state index is -4.50. The number of carbonyl (C=O) groups excluding carboxylic acids is 1. The van der Waals surface area contributed by atoms with Crippen LogP contribution in [0.4, 0.5) is 30.4 Å². The first-order valence-corrected chi connectivity index (χ1v) is 12.4. The third-order valence-corrected chi connectivity index (χ3v) is 6.67. The van der Waals surface area contributed by atoms with Crippen LogP contribution in [0.2, 0.25) is 0 Å². The van der Waals surface area contributed by atoms with Crippen molar-refractivity contribution in [2.45, 2.75) is 31.9 Å². The average molecular weight is 529 g/mol. The zero-order valence-electron chi connectivity index (χ0n) is 20.8. The number of halogens is 3. The molecule has 2 aromatic carbocycles. The number of alkyl halides is 3. The number of imidazole rings is 1. The fourth-order valence-electron chi connectivity index (χ4n) is 4.43. The van der Waals surface area contributed by atoms with Crippen LogP contribution in [-0.2, 0) is 6.18 Å². The van der Waals surface area contributed by atoms with E-state index in [4.69, 9.17) is 4.98 Å². The fourth-order valence-corrected chi connectivity index (χ4v) is 4.43. The monoisotopic (exact) mass is 528 g/mol. The van der Waals surface area contributed by atoms with Crippen molar-refractivity contribution >= 4 is 28.7 Å². The van der Waals surface area contributed by atoms with Crippen LogP contribution in [-0.4, -0.2) is 25.3 Å². The zero-order valence-corrected chi connectivity index (χ0v) is 20.8. The summed E-state index contributed by atoms with van der Waals surface area (Å²) in [4.78, 5) is 26.7. The fraction of sp³-hybridized carbons (Fsp3) is 0.172. The van der Waals surface area contributed by atoms with Crippen LogP contribution in [0, 0.1) is 6.92 Å². The third kappa shape index (κ3) is 5.05. The lowest BCUT2D eigenvalue weighted by atomic mass is 10.1. The molecule has 0 unspecified atom stereocenters. The Morgan fingerprint density at radius 2 is 1.90 bits per heavy atom. The number of anilines is 3. The van der Waals surface area contributed by atoms with E-state index in [9.17, 15) is 18.0 Å². The van der Waals surface area contributed by atoms with Crippen LogP contribution in [0.3, 0.4) is 0 Å². The van der Waals surface area contributed by atoms with E-state index in [-0.39, 0.29) is 11.3 Å². The molecule has 1 saturated carbocycles. The number of rotatable bonds is 6. The molecule has 10 heteroatoms. The highest BCUT2D eigenvalue weighted by Gasteiger charge is 2.31. The quantitative estimate of drug-likeness (QED) is 0.248. The minimum Gasteiger partial charge on any atom is -0.337 e. The Hall–Kier alpha value is -4.73. The van der Waals surface area contributed by atoms with Crippen LogP contribution >= 0.6 is 0 Å². The number of carbonyl (C=O) groups is 1. The van der Waals surface area contributed by atoms with Crippen LogP contribution in [0.5, 0.6) is 0 Å². The van der Waals surface area contributed by atoms with E-state index >= 15 is 0 Å². The first-order valence-electron chi connectivity index (χ1n) is 12.4. The zero-order chi connectivity index (χ0) is 27.1. The molecule has 2 N–H and O–H groups in total. The summed E-state index contributed by atoms with van der Waals surface area (Å²) in [6.07, 6.45) is 5.01. The van der Waals surface area contributed by atoms with Gasteiger partial charge in [-0.15, -0.1) is 0 Å². The molecule has 0 spiro atoms. The summed E-state index contributed by atoms with van der Waals surface area (Å²) in [5.41, 5.74) is 4.32. The summed E-state index contributed by atoms with van der Waals surface area (Å²) < 4.78 is 41.3. The molecule has 1 fully saturated rings. The number of amides is 1. The molecule has 1 aliphatic rings. The van der Waals surface area contributed by atoms with Gasteiger partial charge in [0.05, 0.1) is 11.3 Å². The predicted octanol–water partition coefficient (Wildman–Crippen LogP) is 6.99. The summed E-state index contributed by atoms with van der Waals surface area (Å²) in [5, 5.41) is 5.90. The second-order valence-electron chi connectivity index (χ2n) is 9.55. The second kappa shape index (κ2) is 9.54. The van der Waals surface area contributed by atoms with Crippen molar-refractivity contribution < 1.29 is 18.0 Å². The molecule has 5 aromatic rings. The molecule has 1 amide bonds. The first kappa shape index (κ1) is 24.6. The smallest absolute Gasteiger partial charge is 0.337 e. The van der Waals surface area contributed by atoms with Gasteiger partial charge in [-0.1, -0.05) is 12.1 Å². The maximum Gasteiger partial charge on any atom is 0.416 e. The lowest BCUT2D eigenvalue weighted by Crippen LogP contribution is -2.13. The molecule has 3 aromatic heterocycles. The van der Waals surface area contributed by atoms with Crippen molar-refractivity contribution in [2.75, 3.05) is 10.6 Å². The van der Waals surface area contributed by atoms with Crippen LogP contribution in [0.25, 0.3) is 16.9 Å². The van der Waals surface area contributed by atoms with Gasteiger partial charge in [-0.05, 0) is 67.8 Å². The van der Waals surface area contributed by atoms with Gasteiger partial charge in [-0.25, -0.2) is 9.97 Å². The largest absolute Gasteiger partial charge is 0.416 e. The van der Waals surface area contributed by atoms with Crippen molar-refractivity contribution in [3.8, 4) is 11.3 Å². The number of nitrogens with zero attached hydrogens (tertiary/aromatic N) is 4. The summed E-state index contributed by atoms with van der Waals surface area (Å²) in [5.74, 6) is 0.444. The van der Waals surface area contributed by atoms with E-state index in [2.05, 4.69) is 25.0 Å². The topological polar surface area (TPSA) is 84.2 Å². The maximum absolute atomic E-state index is 13.1. The van der Waals surface area contributed by atoms with E-state index in [1.807, 2.05) is 31.5 Å². The standard InChI is InChI=1S/C29H23F3N6O/c1-17-7-8-19(28(39)35-22-6-2-5-21(13-22)29(30,31)32)12-23(17)36-26-27-34-15-25(18-9-10-18)38(27)16-24(37-26)20-4-3-11-33-14-20/h2-8,11-16,18H,9-10H2,1H3,(H,35,39)(H,36,37). The number of aryl methyl sites for hydroxylation is 1. The number of aromatic nitrogens is 4. The molecule has 196 valence electrons. The molecule has 0 saturated heterocycles. The summed E-state index contributed by atoms with van der Waals surface area (Å²) in [6.45, 7) is 1.89. The van der Waals surface area contributed by atoms with Gasteiger partial charge in [0, 0.05) is 58.9 Å². The van der Waals surface area contributed by atoms with Crippen molar-refractivity contribution in [1.29, 1.82) is 0 Å². The van der Waals surface area contributed by atoms with E-state index < -0.39 is 17.6 Å². The van der Waals surface area contributed by atoms with E-state index in [0.717, 1.165) is 41.8 Å². The van der Waals surface area contributed by atoms with E-state index in [1.165, 1.54) is 12.1 Å². The van der Waals surface area contributed by atoms with Gasteiger partial charge in [-0.2, -0.15) is 13.2 Å². The van der Waals surface area contributed by atoms with Gasteiger partial charge in [0.1, 0.15) is 0 Å². The van der Waals surface area contributed by atoms with Gasteiger partial charge in [-0.3, -0.25) is 14.2 Å². The molecule has 1 aliphatic carbocycles. The molecule has 39 heavy (non-hydrogen) atoms. The number of hydrogen-bond acceptors (Lipinski definition) is 5. The normalized spacial score (nSPS) is 13.4. The second-order valence-corrected chi connectivity index (χ2v) is 9.55. The number of hydrogen-bond donors (Lipinski definition) is 2. The van der Waals surface area contributed by atoms with Gasteiger partial charge >= 0.3 is 6.18 Å². The van der Waals surface area contributed by atoms with Crippen LogP contribution in [0.15, 0.2) is 79.4 Å². The molecular weight excluding hydrogens is 505 g/mol. The highest BCUT2D eigenvalue weighted by Crippen LogP contribution is 2.41. The molecule has 0 aliphatic heterocycles. The average Bonchev–Trinajstić information content (AvgIpc) is 3.68. The molecule has 0 bridgehead atoms. The lowest BCUT2D eigenvalue weighted by molar-refractivity contribution is -0.137. The third-order valence-electron chi connectivity index (χ3n) is 6.67. The molecule has 0 radical (unpaired) electrons. The van der Waals surface area contributed by atoms with Crippen molar-refractivity contribution in [3.63, 3.8) is 0 Å². The van der Waals surface area contributed by atoms with Crippen molar-refractivity contribution in [3.05, 3.63) is 102 Å². The van der Waals surface area contributed by atoms with E-state index in [0.29, 0.717) is 28.8 Å². The number of nitrogens with one attached hydrogen (secondary N) is 2. The molecule has 7 nitrogen and oxygen atoms in total. The number of fused-ring (bicyclic) bond motifs is 1. The Morgan fingerprint density at radius 3 is 2.64 bits per heavy atom. The Bertz CT molecular complexity index is 1690. The SMILES string of the molecule is Cc1ccc(C(=O)Nc2cccc(C(F)(F)F)c2)cc1Nc1nc(-c2cccnc2)cn2c(C3CC3)cnc12.